The van der Waals surface area contributed by atoms with Gasteiger partial charge in [-0.15, -0.1) is 0 Å². The minimum atomic E-state index is -0.661. The number of esters is 1. The van der Waals surface area contributed by atoms with Crippen LogP contribution in [0.25, 0.3) is 0 Å². The third-order valence-corrected chi connectivity index (χ3v) is 8.98. The van der Waals surface area contributed by atoms with E-state index in [-0.39, 0.29) is 78.4 Å². The van der Waals surface area contributed by atoms with Crippen molar-refractivity contribution in [2.24, 2.45) is 23.7 Å². The van der Waals surface area contributed by atoms with Crippen LogP contribution in [-0.2, 0) is 37.8 Å². The number of hydrogen-bond acceptors (Lipinski definition) is 9. The number of fused-ring (bicyclic) bond motifs is 1. The van der Waals surface area contributed by atoms with Gasteiger partial charge in [-0.05, 0) is 58.4 Å². The molecule has 2 saturated heterocycles. The van der Waals surface area contributed by atoms with Gasteiger partial charge in [-0.2, -0.15) is 0 Å². The summed E-state index contributed by atoms with van der Waals surface area (Å²) in [5, 5.41) is 0. The van der Waals surface area contributed by atoms with Crippen LogP contribution in [0.3, 0.4) is 0 Å². The molecule has 0 N–H and O–H groups in total. The monoisotopic (exact) mass is 571 g/mol. The first-order valence-corrected chi connectivity index (χ1v) is 14.8. The van der Waals surface area contributed by atoms with E-state index in [0.717, 1.165) is 0 Å². The van der Waals surface area contributed by atoms with Gasteiger partial charge in [0.1, 0.15) is 18.3 Å². The maximum atomic E-state index is 13.0. The van der Waals surface area contributed by atoms with Crippen molar-refractivity contribution in [2.45, 2.75) is 116 Å². The Hall–Kier alpha value is -0.930. The number of rotatable bonds is 5. The van der Waals surface area contributed by atoms with E-state index in [1.807, 2.05) is 47.9 Å². The second-order valence-electron chi connectivity index (χ2n) is 12.2. The van der Waals surface area contributed by atoms with Crippen molar-refractivity contribution in [1.82, 2.24) is 4.90 Å². The third-order valence-electron chi connectivity index (χ3n) is 8.66. The number of ketones is 1. The van der Waals surface area contributed by atoms with Gasteiger partial charge in [0.2, 0.25) is 0 Å². The van der Waals surface area contributed by atoms with Crippen molar-refractivity contribution in [1.29, 1.82) is 0 Å². The van der Waals surface area contributed by atoms with Crippen molar-refractivity contribution in [2.75, 3.05) is 21.2 Å². The van der Waals surface area contributed by atoms with E-state index in [0.29, 0.717) is 12.8 Å². The van der Waals surface area contributed by atoms with Crippen LogP contribution in [-0.4, -0.2) is 92.9 Å². The lowest BCUT2D eigenvalue weighted by molar-refractivity contribution is -0.292. The molecule has 0 amide bonds. The number of carbonyl (C=O) groups excluding carboxylic acids is 2. The molecule has 3 heterocycles. The lowest BCUT2D eigenvalue weighted by Gasteiger charge is -2.48. The van der Waals surface area contributed by atoms with Gasteiger partial charge >= 0.3 is 5.97 Å². The molecule has 0 aromatic rings. The standard InChI is InChI=1S/C29H50NO8P/c1-15-12-16(2)27(37-29-28(38-39)25(30(7)8)19(5)20(6)35-29)26(33-9)17(3)13-24(32)34-18(4)14-23-22(36-23)11-10-21(15)31/h10-11,15-20,22-23,25-29H,12-14,39H2,1-9H3/b11-10+/t15-,16+,17-,18-,19?,20?,22+,23-,25?,26+,27+,28?,29?/m1/s1. The molecule has 9 nitrogen and oxygen atoms in total. The smallest absolute Gasteiger partial charge is 0.306 e. The fourth-order valence-electron chi connectivity index (χ4n) is 6.25. The minimum absolute atomic E-state index is 0.0283. The highest BCUT2D eigenvalue weighted by Crippen LogP contribution is 2.36. The highest BCUT2D eigenvalue weighted by atomic mass is 31.0. The highest BCUT2D eigenvalue weighted by Gasteiger charge is 2.47. The SMILES string of the molecule is CO[C@@H]1[C@@H](OC2OC(C)C(C)C(N(C)C)C2OP)[C@@H](C)C[C@@H](C)C(=O)/C=C/[C@@H]2O[C@@H]2C[C@@H](C)OC(=O)C[C@H]1C. The van der Waals surface area contributed by atoms with Gasteiger partial charge in [-0.3, -0.25) is 9.59 Å². The maximum absolute atomic E-state index is 13.0. The third kappa shape index (κ3) is 8.31. The Bertz CT molecular complexity index is 855. The second-order valence-corrected chi connectivity index (χ2v) is 12.4. The van der Waals surface area contributed by atoms with Crippen LogP contribution in [0.4, 0.5) is 0 Å². The number of cyclic esters (lactones) is 1. The number of ether oxygens (including phenoxy) is 5. The zero-order valence-corrected chi connectivity index (χ0v) is 26.2. The van der Waals surface area contributed by atoms with E-state index < -0.39 is 18.5 Å². The molecular formula is C29H50NO8P. The van der Waals surface area contributed by atoms with E-state index in [2.05, 4.69) is 28.2 Å². The molecule has 10 heteroatoms. The summed E-state index contributed by atoms with van der Waals surface area (Å²) in [6.45, 7) is 12.1. The van der Waals surface area contributed by atoms with Crippen molar-refractivity contribution < 1.29 is 37.8 Å². The largest absolute Gasteiger partial charge is 0.463 e. The van der Waals surface area contributed by atoms with Crippen LogP contribution in [0, 0.1) is 23.7 Å². The summed E-state index contributed by atoms with van der Waals surface area (Å²) in [6, 6.07) is 0.0618. The first kappa shape index (κ1) is 32.6. The summed E-state index contributed by atoms with van der Waals surface area (Å²) in [5.74, 6) is -0.517. The van der Waals surface area contributed by atoms with Gasteiger partial charge in [0, 0.05) is 40.9 Å². The summed E-state index contributed by atoms with van der Waals surface area (Å²) in [7, 11) is 8.07. The van der Waals surface area contributed by atoms with E-state index >= 15 is 0 Å². The minimum Gasteiger partial charge on any atom is -0.463 e. The van der Waals surface area contributed by atoms with E-state index in [1.54, 1.807) is 13.2 Å². The number of hydrogen-bond donors (Lipinski definition) is 0. The fraction of sp³-hybridized carbons (Fsp3) is 0.862. The van der Waals surface area contributed by atoms with E-state index in [9.17, 15) is 9.59 Å². The average molecular weight is 572 g/mol. The zero-order chi connectivity index (χ0) is 29.0. The predicted octanol–water partition coefficient (Wildman–Crippen LogP) is 3.79. The fourth-order valence-corrected chi connectivity index (χ4v) is 6.54. The molecule has 3 aliphatic rings. The summed E-state index contributed by atoms with van der Waals surface area (Å²) in [5.41, 5.74) is 0. The summed E-state index contributed by atoms with van der Waals surface area (Å²) < 4.78 is 36.4. The number of allylic oxidation sites excluding steroid dienone is 1. The van der Waals surface area contributed by atoms with Gasteiger partial charge < -0.3 is 33.1 Å². The number of nitrogens with zero attached hydrogens (tertiary/aromatic N) is 1. The molecule has 0 aromatic heterocycles. The maximum Gasteiger partial charge on any atom is 0.306 e. The molecule has 6 unspecified atom stereocenters. The van der Waals surface area contributed by atoms with Crippen LogP contribution in [0.1, 0.15) is 60.8 Å². The normalized spacial score (nSPS) is 45.5. The van der Waals surface area contributed by atoms with Gasteiger partial charge in [0.05, 0.1) is 30.8 Å². The molecule has 0 aromatic carbocycles. The Labute approximate surface area is 236 Å². The Balaban J connectivity index is 1.90. The molecule has 39 heavy (non-hydrogen) atoms. The van der Waals surface area contributed by atoms with Crippen LogP contribution in [0.15, 0.2) is 12.2 Å². The molecular weight excluding hydrogens is 521 g/mol. The molecule has 0 spiro atoms. The number of epoxide rings is 1. The van der Waals surface area contributed by atoms with Gasteiger partial charge in [0.25, 0.3) is 0 Å². The molecule has 2 fully saturated rings. The van der Waals surface area contributed by atoms with Crippen molar-refractivity contribution >= 4 is 21.2 Å². The molecule has 0 radical (unpaired) electrons. The van der Waals surface area contributed by atoms with Gasteiger partial charge in [-0.1, -0.05) is 27.7 Å². The lowest BCUT2D eigenvalue weighted by Crippen LogP contribution is -2.60. The molecule has 0 bridgehead atoms. The Morgan fingerprint density at radius 2 is 1.64 bits per heavy atom. The molecule has 14 atom stereocenters. The lowest BCUT2D eigenvalue weighted by atomic mass is 9.83. The van der Waals surface area contributed by atoms with Crippen LogP contribution < -0.4 is 0 Å². The van der Waals surface area contributed by atoms with E-state index in [1.165, 1.54) is 0 Å². The highest BCUT2D eigenvalue weighted by molar-refractivity contribution is 7.09. The second kappa shape index (κ2) is 14.3. The Morgan fingerprint density at radius 3 is 2.26 bits per heavy atom. The average Bonchev–Trinajstić information content (AvgIpc) is 3.59. The Morgan fingerprint density at radius 1 is 0.949 bits per heavy atom. The van der Waals surface area contributed by atoms with Gasteiger partial charge in [-0.25, -0.2) is 0 Å². The van der Waals surface area contributed by atoms with Crippen LogP contribution in [0.5, 0.6) is 0 Å². The molecule has 0 aliphatic carbocycles. The first-order valence-electron chi connectivity index (χ1n) is 14.3. The molecule has 0 saturated carbocycles. The predicted molar refractivity (Wildman–Crippen MR) is 151 cm³/mol. The first-order chi connectivity index (χ1) is 18.4. The summed E-state index contributed by atoms with van der Waals surface area (Å²) >= 11 is 0. The quantitative estimate of drug-likeness (QED) is 0.277. The number of likely N-dealkylation sites (N-methyl/N-ethyl adjacent to an activating group) is 1. The zero-order valence-electron chi connectivity index (χ0n) is 25.1. The number of carbonyl (C=O) groups is 2. The molecule has 3 aliphatic heterocycles. The van der Waals surface area contributed by atoms with E-state index in [4.69, 9.17) is 28.2 Å². The number of methoxy groups -OCH3 is 1. The topological polar surface area (TPSA) is 96.1 Å². The van der Waals surface area contributed by atoms with Crippen LogP contribution in [0.2, 0.25) is 0 Å². The molecule has 3 rings (SSSR count). The molecule has 224 valence electrons. The van der Waals surface area contributed by atoms with Crippen molar-refractivity contribution in [3.05, 3.63) is 12.2 Å². The van der Waals surface area contributed by atoms with Crippen molar-refractivity contribution in [3.8, 4) is 0 Å². The summed E-state index contributed by atoms with van der Waals surface area (Å²) in [4.78, 5) is 28.0. The Kier molecular flexibility index (Phi) is 11.9. The van der Waals surface area contributed by atoms with Crippen LogP contribution >= 0.6 is 9.47 Å². The van der Waals surface area contributed by atoms with Gasteiger partial charge in [0.15, 0.2) is 12.1 Å². The summed E-state index contributed by atoms with van der Waals surface area (Å²) in [6.07, 6.45) is 2.39. The van der Waals surface area contributed by atoms with Crippen molar-refractivity contribution in [3.63, 3.8) is 0 Å².